The second kappa shape index (κ2) is 13.1. The Balaban J connectivity index is 0.936. The van der Waals surface area contributed by atoms with Crippen LogP contribution in [0, 0.1) is 0 Å². The van der Waals surface area contributed by atoms with E-state index in [-0.39, 0.29) is 0 Å². The van der Waals surface area contributed by atoms with Gasteiger partial charge in [0, 0.05) is 60.1 Å². The van der Waals surface area contributed by atoms with Crippen molar-refractivity contribution >= 4 is 92.3 Å². The highest BCUT2D eigenvalue weighted by Crippen LogP contribution is 2.45. The van der Waals surface area contributed by atoms with E-state index in [1.807, 2.05) is 23.5 Å². The van der Waals surface area contributed by atoms with E-state index in [2.05, 4.69) is 204 Å². The Morgan fingerprint density at radius 2 is 0.966 bits per heavy atom. The van der Waals surface area contributed by atoms with Crippen LogP contribution in [-0.4, -0.2) is 4.57 Å². The molecule has 0 atom stereocenters. The molecule has 58 heavy (non-hydrogen) atoms. The van der Waals surface area contributed by atoms with Gasteiger partial charge in [-0.1, -0.05) is 133 Å². The van der Waals surface area contributed by atoms with Crippen LogP contribution in [0.4, 0.5) is 17.1 Å². The third-order valence-corrected chi connectivity index (χ3v) is 12.8. The summed E-state index contributed by atoms with van der Waals surface area (Å²) in [6.07, 6.45) is 0. The molecular formula is C54H34N2OS. The summed E-state index contributed by atoms with van der Waals surface area (Å²) < 4.78 is 11.3. The predicted octanol–water partition coefficient (Wildman–Crippen LogP) is 15.9. The van der Waals surface area contributed by atoms with E-state index < -0.39 is 0 Å². The smallest absolute Gasteiger partial charge is 0.137 e. The molecular weight excluding hydrogens is 725 g/mol. The molecule has 0 aliphatic heterocycles. The Morgan fingerprint density at radius 1 is 0.379 bits per heavy atom. The molecule has 0 unspecified atom stereocenters. The quantitative estimate of drug-likeness (QED) is 0.168. The minimum absolute atomic E-state index is 0.902. The summed E-state index contributed by atoms with van der Waals surface area (Å²) in [7, 11) is 0. The zero-order valence-corrected chi connectivity index (χ0v) is 32.2. The maximum atomic E-state index is 6.35. The highest BCUT2D eigenvalue weighted by molar-refractivity contribution is 7.26. The third-order valence-electron chi connectivity index (χ3n) is 11.6. The zero-order valence-electron chi connectivity index (χ0n) is 31.3. The van der Waals surface area contributed by atoms with Crippen molar-refractivity contribution in [3.63, 3.8) is 0 Å². The van der Waals surface area contributed by atoms with E-state index in [1.54, 1.807) is 0 Å². The molecule has 0 N–H and O–H groups in total. The molecule has 272 valence electrons. The largest absolute Gasteiger partial charge is 0.456 e. The Bertz CT molecular complexity index is 3480. The third kappa shape index (κ3) is 5.19. The van der Waals surface area contributed by atoms with Crippen molar-refractivity contribution in [2.45, 2.75) is 0 Å². The maximum Gasteiger partial charge on any atom is 0.137 e. The van der Waals surface area contributed by atoms with Crippen molar-refractivity contribution in [1.82, 2.24) is 4.57 Å². The van der Waals surface area contributed by atoms with E-state index in [4.69, 9.17) is 4.42 Å². The van der Waals surface area contributed by atoms with Gasteiger partial charge in [-0.2, -0.15) is 0 Å². The standard InChI is InChI=1S/C54H34N2OS/c1-2-11-35(12-3-1)36-21-27-39(28-22-36)55(49-18-10-16-45-44-15-6-9-20-53(44)58-54(45)49)40-29-23-37(24-30-40)38-25-31-41(32-26-38)56-48-17-7-4-13-42(48)46-33-47-43-14-5-8-19-51(43)57-52(47)34-50(46)56/h1-34H. The lowest BCUT2D eigenvalue weighted by Gasteiger charge is -2.26. The number of hydrogen-bond donors (Lipinski definition) is 0. The number of furan rings is 1. The van der Waals surface area contributed by atoms with Crippen molar-refractivity contribution in [3.8, 4) is 27.9 Å². The Labute approximate surface area is 338 Å². The van der Waals surface area contributed by atoms with Crippen molar-refractivity contribution < 1.29 is 4.42 Å². The van der Waals surface area contributed by atoms with Gasteiger partial charge in [-0.3, -0.25) is 0 Å². The first kappa shape index (κ1) is 32.8. The van der Waals surface area contributed by atoms with Crippen LogP contribution in [0.1, 0.15) is 0 Å². The summed E-state index contributed by atoms with van der Waals surface area (Å²) in [4.78, 5) is 2.40. The summed E-state index contributed by atoms with van der Waals surface area (Å²) in [6.45, 7) is 0. The molecule has 12 rings (SSSR count). The molecule has 4 heteroatoms. The first-order valence-electron chi connectivity index (χ1n) is 19.7. The van der Waals surface area contributed by atoms with Crippen molar-refractivity contribution in [2.75, 3.05) is 4.90 Å². The molecule has 9 aromatic carbocycles. The number of nitrogens with zero attached hydrogens (tertiary/aromatic N) is 2. The van der Waals surface area contributed by atoms with Gasteiger partial charge in [0.1, 0.15) is 11.2 Å². The van der Waals surface area contributed by atoms with Gasteiger partial charge < -0.3 is 13.9 Å². The van der Waals surface area contributed by atoms with Crippen LogP contribution < -0.4 is 4.90 Å². The first-order chi connectivity index (χ1) is 28.7. The average molecular weight is 759 g/mol. The number of aromatic nitrogens is 1. The Kier molecular flexibility index (Phi) is 7.40. The molecule has 12 aromatic rings. The van der Waals surface area contributed by atoms with Crippen LogP contribution in [0.25, 0.3) is 91.9 Å². The van der Waals surface area contributed by atoms with E-state index in [1.165, 1.54) is 64.4 Å². The number of benzene rings is 9. The lowest BCUT2D eigenvalue weighted by Crippen LogP contribution is -2.10. The normalized spacial score (nSPS) is 11.8. The minimum atomic E-state index is 0.902. The van der Waals surface area contributed by atoms with Crippen molar-refractivity contribution in [2.24, 2.45) is 0 Å². The summed E-state index contributed by atoms with van der Waals surface area (Å²) in [5.74, 6) is 0. The van der Waals surface area contributed by atoms with E-state index >= 15 is 0 Å². The maximum absolute atomic E-state index is 6.35. The van der Waals surface area contributed by atoms with Crippen LogP contribution in [0.15, 0.2) is 211 Å². The summed E-state index contributed by atoms with van der Waals surface area (Å²) >= 11 is 1.86. The molecule has 0 amide bonds. The zero-order chi connectivity index (χ0) is 38.2. The minimum Gasteiger partial charge on any atom is -0.456 e. The van der Waals surface area contributed by atoms with Gasteiger partial charge in [-0.15, -0.1) is 11.3 Å². The van der Waals surface area contributed by atoms with Crippen LogP contribution in [-0.2, 0) is 0 Å². The van der Waals surface area contributed by atoms with Gasteiger partial charge >= 0.3 is 0 Å². The molecule has 0 fully saturated rings. The van der Waals surface area contributed by atoms with Crippen molar-refractivity contribution in [1.29, 1.82) is 0 Å². The monoisotopic (exact) mass is 758 g/mol. The summed E-state index contributed by atoms with van der Waals surface area (Å²) in [5, 5.41) is 7.33. The lowest BCUT2D eigenvalue weighted by atomic mass is 10.0. The molecule has 0 saturated heterocycles. The molecule has 0 saturated carbocycles. The van der Waals surface area contributed by atoms with Gasteiger partial charge in [0.25, 0.3) is 0 Å². The Hall–Kier alpha value is -7.40. The van der Waals surface area contributed by atoms with Gasteiger partial charge in [0.2, 0.25) is 0 Å². The second-order valence-corrected chi connectivity index (χ2v) is 16.0. The molecule has 3 aromatic heterocycles. The van der Waals surface area contributed by atoms with Crippen LogP contribution in [0.5, 0.6) is 0 Å². The summed E-state index contributed by atoms with van der Waals surface area (Å²) in [5.41, 5.74) is 13.4. The van der Waals surface area contributed by atoms with E-state index in [0.29, 0.717) is 0 Å². The fourth-order valence-electron chi connectivity index (χ4n) is 8.84. The van der Waals surface area contributed by atoms with Crippen LogP contribution in [0.2, 0.25) is 0 Å². The van der Waals surface area contributed by atoms with Gasteiger partial charge in [0.15, 0.2) is 0 Å². The molecule has 0 radical (unpaired) electrons. The van der Waals surface area contributed by atoms with Crippen LogP contribution in [0.3, 0.4) is 0 Å². The number of hydrogen-bond acceptors (Lipinski definition) is 3. The number of thiophene rings is 1. The van der Waals surface area contributed by atoms with Crippen molar-refractivity contribution in [3.05, 3.63) is 206 Å². The van der Waals surface area contributed by atoms with Gasteiger partial charge in [0.05, 0.1) is 21.4 Å². The topological polar surface area (TPSA) is 21.3 Å². The number of rotatable bonds is 6. The first-order valence-corrected chi connectivity index (χ1v) is 20.5. The Morgan fingerprint density at radius 3 is 1.71 bits per heavy atom. The number of fused-ring (bicyclic) bond motifs is 9. The molecule has 0 aliphatic rings. The van der Waals surface area contributed by atoms with Gasteiger partial charge in [-0.05, 0) is 89.0 Å². The fourth-order valence-corrected chi connectivity index (χ4v) is 10.0. The van der Waals surface area contributed by atoms with Gasteiger partial charge in [-0.25, -0.2) is 0 Å². The summed E-state index contributed by atoms with van der Waals surface area (Å²) in [6, 6.07) is 74.4. The van der Waals surface area contributed by atoms with E-state index in [9.17, 15) is 0 Å². The highest BCUT2D eigenvalue weighted by atomic mass is 32.1. The SMILES string of the molecule is c1ccc(-c2ccc(N(c3ccc(-c4ccc(-n5c6ccccc6c6cc7c(cc65)oc5ccccc57)cc4)cc3)c3cccc4c3sc3ccccc34)cc2)cc1. The number of anilines is 3. The molecule has 3 heterocycles. The predicted molar refractivity (Wildman–Crippen MR) is 247 cm³/mol. The molecule has 0 bridgehead atoms. The molecule has 0 aliphatic carbocycles. The highest BCUT2D eigenvalue weighted by Gasteiger charge is 2.19. The fraction of sp³-hybridized carbons (Fsp3) is 0. The van der Waals surface area contributed by atoms with Crippen LogP contribution >= 0.6 is 11.3 Å². The van der Waals surface area contributed by atoms with E-state index in [0.717, 1.165) is 44.5 Å². The number of para-hydroxylation sites is 2. The molecule has 0 spiro atoms. The molecule has 3 nitrogen and oxygen atoms in total. The average Bonchev–Trinajstić information content (AvgIpc) is 3.96. The second-order valence-electron chi connectivity index (χ2n) is 14.9. The lowest BCUT2D eigenvalue weighted by molar-refractivity contribution is 0.669.